The van der Waals surface area contributed by atoms with Gasteiger partial charge in [-0.25, -0.2) is 0 Å². The molecule has 4 nitrogen and oxygen atoms in total. The number of hydrogen-bond acceptors (Lipinski definition) is 3. The van der Waals surface area contributed by atoms with Crippen molar-refractivity contribution in [3.63, 3.8) is 0 Å². The van der Waals surface area contributed by atoms with E-state index in [1.54, 1.807) is 18.6 Å². The van der Waals surface area contributed by atoms with Crippen LogP contribution in [0.15, 0.2) is 67.4 Å². The first-order valence-electron chi connectivity index (χ1n) is 6.14. The molecule has 2 heterocycles. The van der Waals surface area contributed by atoms with Crippen LogP contribution in [-0.2, 0) is 6.54 Å². The highest BCUT2D eigenvalue weighted by Crippen LogP contribution is 2.15. The Bertz CT molecular complexity index is 632. The molecule has 0 spiro atoms. The predicted molar refractivity (Wildman–Crippen MR) is 75.1 cm³/mol. The monoisotopic (exact) mass is 250 g/mol. The van der Waals surface area contributed by atoms with Gasteiger partial charge in [0.1, 0.15) is 0 Å². The Morgan fingerprint density at radius 1 is 1.05 bits per heavy atom. The standard InChI is InChI=1S/C15H14N4/c1-2-9-19(8-1)15-5-3-4-13(10-15)18-12-14-11-16-6-7-17-14/h1-11,18H,12H2. The van der Waals surface area contributed by atoms with E-state index in [2.05, 4.69) is 32.0 Å². The minimum atomic E-state index is 0.670. The number of hydrogen-bond donors (Lipinski definition) is 1. The largest absolute Gasteiger partial charge is 0.379 e. The second kappa shape index (κ2) is 5.35. The third kappa shape index (κ3) is 2.80. The zero-order valence-electron chi connectivity index (χ0n) is 10.4. The van der Waals surface area contributed by atoms with Crippen molar-refractivity contribution in [2.75, 3.05) is 5.32 Å². The summed E-state index contributed by atoms with van der Waals surface area (Å²) in [6.45, 7) is 0.670. The molecule has 0 fully saturated rings. The molecule has 0 bridgehead atoms. The van der Waals surface area contributed by atoms with Crippen molar-refractivity contribution >= 4 is 5.69 Å². The normalized spacial score (nSPS) is 10.3. The first kappa shape index (κ1) is 11.5. The molecular formula is C15H14N4. The molecule has 19 heavy (non-hydrogen) atoms. The van der Waals surface area contributed by atoms with Gasteiger partial charge in [0.15, 0.2) is 0 Å². The molecule has 2 aromatic heterocycles. The molecule has 0 atom stereocenters. The molecular weight excluding hydrogens is 236 g/mol. The van der Waals surface area contributed by atoms with E-state index in [4.69, 9.17) is 0 Å². The average Bonchev–Trinajstić information content (AvgIpc) is 3.01. The Hall–Kier alpha value is -2.62. The highest BCUT2D eigenvalue weighted by atomic mass is 15.0. The van der Waals surface area contributed by atoms with Crippen LogP contribution < -0.4 is 5.32 Å². The lowest BCUT2D eigenvalue weighted by Crippen LogP contribution is -2.02. The molecule has 94 valence electrons. The van der Waals surface area contributed by atoms with E-state index >= 15 is 0 Å². The Morgan fingerprint density at radius 3 is 2.74 bits per heavy atom. The third-order valence-electron chi connectivity index (χ3n) is 2.84. The topological polar surface area (TPSA) is 42.7 Å². The summed E-state index contributed by atoms with van der Waals surface area (Å²) in [7, 11) is 0. The van der Waals surface area contributed by atoms with Crippen LogP contribution in [0.25, 0.3) is 5.69 Å². The van der Waals surface area contributed by atoms with Crippen LogP contribution in [0.5, 0.6) is 0 Å². The lowest BCUT2D eigenvalue weighted by atomic mass is 10.2. The van der Waals surface area contributed by atoms with E-state index in [9.17, 15) is 0 Å². The number of nitrogens with zero attached hydrogens (tertiary/aromatic N) is 3. The highest BCUT2D eigenvalue weighted by Gasteiger charge is 1.98. The summed E-state index contributed by atoms with van der Waals surface area (Å²) < 4.78 is 2.08. The van der Waals surface area contributed by atoms with Crippen molar-refractivity contribution in [3.05, 3.63) is 73.1 Å². The van der Waals surface area contributed by atoms with Gasteiger partial charge < -0.3 is 9.88 Å². The molecule has 0 aliphatic heterocycles. The molecule has 0 aliphatic carbocycles. The maximum atomic E-state index is 4.24. The Labute approximate surface area is 111 Å². The second-order valence-electron chi connectivity index (χ2n) is 4.19. The minimum Gasteiger partial charge on any atom is -0.379 e. The van der Waals surface area contributed by atoms with Gasteiger partial charge in [0.2, 0.25) is 0 Å². The molecule has 0 radical (unpaired) electrons. The smallest absolute Gasteiger partial charge is 0.0777 e. The molecule has 1 N–H and O–H groups in total. The number of aromatic nitrogens is 3. The Balaban J connectivity index is 1.74. The Kier molecular flexibility index (Phi) is 3.23. The summed E-state index contributed by atoms with van der Waals surface area (Å²) in [5, 5.41) is 3.35. The van der Waals surface area contributed by atoms with Gasteiger partial charge >= 0.3 is 0 Å². The number of rotatable bonds is 4. The summed E-state index contributed by atoms with van der Waals surface area (Å²) in [4.78, 5) is 8.28. The van der Waals surface area contributed by atoms with E-state index in [1.807, 2.05) is 36.7 Å². The van der Waals surface area contributed by atoms with Gasteiger partial charge in [-0.15, -0.1) is 0 Å². The molecule has 0 unspecified atom stereocenters. The van der Waals surface area contributed by atoms with Gasteiger partial charge in [-0.1, -0.05) is 6.07 Å². The third-order valence-corrected chi connectivity index (χ3v) is 2.84. The molecule has 1 aromatic carbocycles. The molecule has 0 saturated carbocycles. The number of benzene rings is 1. The predicted octanol–water partition coefficient (Wildman–Crippen LogP) is 2.88. The van der Waals surface area contributed by atoms with Crippen LogP contribution in [0.4, 0.5) is 5.69 Å². The SMILES string of the molecule is c1cc(NCc2cnccn2)cc(-n2cccc2)c1. The maximum absolute atomic E-state index is 4.24. The summed E-state index contributed by atoms with van der Waals surface area (Å²) >= 11 is 0. The van der Waals surface area contributed by atoms with Gasteiger partial charge in [0, 0.05) is 36.2 Å². The molecule has 0 aliphatic rings. The van der Waals surface area contributed by atoms with Gasteiger partial charge in [0.05, 0.1) is 18.4 Å². The van der Waals surface area contributed by atoms with Gasteiger partial charge in [-0.3, -0.25) is 9.97 Å². The van der Waals surface area contributed by atoms with Crippen molar-refractivity contribution < 1.29 is 0 Å². The van der Waals surface area contributed by atoms with Crippen molar-refractivity contribution in [3.8, 4) is 5.69 Å². The van der Waals surface area contributed by atoms with Gasteiger partial charge in [0.25, 0.3) is 0 Å². The van der Waals surface area contributed by atoms with Gasteiger partial charge in [-0.2, -0.15) is 0 Å². The van der Waals surface area contributed by atoms with Crippen LogP contribution in [0.1, 0.15) is 5.69 Å². The van der Waals surface area contributed by atoms with Crippen molar-refractivity contribution in [2.24, 2.45) is 0 Å². The van der Waals surface area contributed by atoms with E-state index < -0.39 is 0 Å². The summed E-state index contributed by atoms with van der Waals surface area (Å²) in [6.07, 6.45) is 9.20. The zero-order valence-corrected chi connectivity index (χ0v) is 10.4. The van der Waals surface area contributed by atoms with Gasteiger partial charge in [-0.05, 0) is 30.3 Å². The fraction of sp³-hybridized carbons (Fsp3) is 0.0667. The van der Waals surface area contributed by atoms with E-state index in [1.165, 1.54) is 0 Å². The first-order chi connectivity index (χ1) is 9.42. The van der Waals surface area contributed by atoms with Crippen molar-refractivity contribution in [1.82, 2.24) is 14.5 Å². The molecule has 3 rings (SSSR count). The van der Waals surface area contributed by atoms with Crippen LogP contribution in [0, 0.1) is 0 Å². The van der Waals surface area contributed by atoms with E-state index in [0.29, 0.717) is 6.54 Å². The molecule has 0 amide bonds. The van der Waals surface area contributed by atoms with Crippen LogP contribution >= 0.6 is 0 Å². The Morgan fingerprint density at radius 2 is 1.95 bits per heavy atom. The van der Waals surface area contributed by atoms with E-state index in [-0.39, 0.29) is 0 Å². The van der Waals surface area contributed by atoms with Crippen LogP contribution in [-0.4, -0.2) is 14.5 Å². The zero-order chi connectivity index (χ0) is 12.9. The first-order valence-corrected chi connectivity index (χ1v) is 6.14. The number of nitrogens with one attached hydrogen (secondary N) is 1. The lowest BCUT2D eigenvalue weighted by Gasteiger charge is -2.08. The van der Waals surface area contributed by atoms with Crippen molar-refractivity contribution in [1.29, 1.82) is 0 Å². The fourth-order valence-corrected chi connectivity index (χ4v) is 1.90. The average molecular weight is 250 g/mol. The molecule has 3 aromatic rings. The highest BCUT2D eigenvalue weighted by molar-refractivity contribution is 5.51. The summed E-state index contributed by atoms with van der Waals surface area (Å²) in [5.74, 6) is 0. The van der Waals surface area contributed by atoms with Crippen LogP contribution in [0.2, 0.25) is 0 Å². The number of anilines is 1. The van der Waals surface area contributed by atoms with Crippen LogP contribution in [0.3, 0.4) is 0 Å². The lowest BCUT2D eigenvalue weighted by molar-refractivity contribution is 1.01. The molecule has 4 heteroatoms. The fourth-order valence-electron chi connectivity index (χ4n) is 1.90. The maximum Gasteiger partial charge on any atom is 0.0777 e. The summed E-state index contributed by atoms with van der Waals surface area (Å²) in [5.41, 5.74) is 3.12. The van der Waals surface area contributed by atoms with E-state index in [0.717, 1.165) is 17.1 Å². The van der Waals surface area contributed by atoms with Crippen molar-refractivity contribution in [2.45, 2.75) is 6.54 Å². The summed E-state index contributed by atoms with van der Waals surface area (Å²) in [6, 6.07) is 12.3. The molecule has 0 saturated heterocycles. The second-order valence-corrected chi connectivity index (χ2v) is 4.19. The minimum absolute atomic E-state index is 0.670. The quantitative estimate of drug-likeness (QED) is 0.774.